The van der Waals surface area contributed by atoms with Gasteiger partial charge in [0.05, 0.1) is 0 Å². The molecule has 0 fully saturated rings. The van der Waals surface area contributed by atoms with Gasteiger partial charge >= 0.3 is 0 Å². The van der Waals surface area contributed by atoms with E-state index in [4.69, 9.17) is 0 Å². The van der Waals surface area contributed by atoms with E-state index in [-0.39, 0.29) is 0 Å². The molecule has 2 nitrogen and oxygen atoms in total. The Balaban J connectivity index is 2.53. The van der Waals surface area contributed by atoms with E-state index in [9.17, 15) is 4.91 Å². The van der Waals surface area contributed by atoms with Gasteiger partial charge in [0, 0.05) is 9.79 Å². The van der Waals surface area contributed by atoms with Crippen LogP contribution >= 0.6 is 10.2 Å². The summed E-state index contributed by atoms with van der Waals surface area (Å²) in [6, 6.07) is 6.11. The molecule has 1 aliphatic rings. The molecule has 0 spiro atoms. The minimum absolute atomic E-state index is 1.16. The van der Waals surface area contributed by atoms with Gasteiger partial charge in [-0.05, 0) is 35.5 Å². The lowest BCUT2D eigenvalue weighted by Crippen LogP contribution is -1.64. The van der Waals surface area contributed by atoms with Gasteiger partial charge in [0.1, 0.15) is 0 Å². The van der Waals surface area contributed by atoms with Crippen LogP contribution in [-0.4, -0.2) is 6.26 Å². The van der Waals surface area contributed by atoms with E-state index in [1.165, 1.54) is 10.5 Å². The van der Waals surface area contributed by atoms with Crippen LogP contribution in [0.15, 0.2) is 32.6 Å². The summed E-state index contributed by atoms with van der Waals surface area (Å²) in [4.78, 5) is 12.8. The van der Waals surface area contributed by atoms with Crippen molar-refractivity contribution in [3.8, 4) is 0 Å². The average Bonchev–Trinajstić information content (AvgIpc) is 2.58. The van der Waals surface area contributed by atoms with Gasteiger partial charge in [-0.15, -0.1) is 4.91 Å². The van der Waals surface area contributed by atoms with Crippen LogP contribution in [-0.2, 0) is 0 Å². The highest BCUT2D eigenvalue weighted by Gasteiger charge is 2.42. The van der Waals surface area contributed by atoms with Crippen molar-refractivity contribution in [2.24, 2.45) is 4.58 Å². The van der Waals surface area contributed by atoms with E-state index >= 15 is 0 Å². The molecule has 1 atom stereocenters. The van der Waals surface area contributed by atoms with Crippen molar-refractivity contribution in [2.45, 2.75) is 16.7 Å². The maximum absolute atomic E-state index is 10.4. The smallest absolute Gasteiger partial charge is 0.0305 e. The summed E-state index contributed by atoms with van der Waals surface area (Å²) in [6.45, 7) is 2.03. The second kappa shape index (κ2) is 1.85. The van der Waals surface area contributed by atoms with Crippen molar-refractivity contribution in [2.75, 3.05) is 6.26 Å². The largest absolute Gasteiger partial charge is 0.138 e. The summed E-state index contributed by atoms with van der Waals surface area (Å²) in [6.07, 6.45) is 1.93. The molecular weight excluding hydrogens is 158 g/mol. The number of nitrogens with zero attached hydrogens (tertiary/aromatic N) is 1. The molecular formula is C8H9NOS. The van der Waals surface area contributed by atoms with Gasteiger partial charge in [-0.2, -0.15) is 0 Å². The van der Waals surface area contributed by atoms with E-state index < -0.39 is 10.2 Å². The molecule has 1 unspecified atom stereocenters. The summed E-state index contributed by atoms with van der Waals surface area (Å²) in [5.41, 5.74) is 1.21. The summed E-state index contributed by atoms with van der Waals surface area (Å²) in [7, 11) is -1.32. The molecule has 0 aromatic heterocycles. The van der Waals surface area contributed by atoms with Crippen molar-refractivity contribution >= 4 is 10.2 Å². The zero-order valence-corrected chi connectivity index (χ0v) is 7.31. The number of hydrogen-bond acceptors (Lipinski definition) is 2. The molecule has 11 heavy (non-hydrogen) atoms. The van der Waals surface area contributed by atoms with Gasteiger partial charge in [-0.25, -0.2) is 0 Å². The van der Waals surface area contributed by atoms with E-state index in [1.807, 2.05) is 25.3 Å². The predicted octanol–water partition coefficient (Wildman–Crippen LogP) is 2.84. The molecule has 0 saturated heterocycles. The fraction of sp³-hybridized carbons (Fsp3) is 0.250. The Bertz CT molecular complexity index is 337. The van der Waals surface area contributed by atoms with Gasteiger partial charge in [0.15, 0.2) is 0 Å². The lowest BCUT2D eigenvalue weighted by Gasteiger charge is -1.97. The zero-order valence-electron chi connectivity index (χ0n) is 6.50. The molecule has 0 saturated carbocycles. The molecule has 1 aromatic rings. The second-order valence-electron chi connectivity index (χ2n) is 2.90. The van der Waals surface area contributed by atoms with E-state index in [0.29, 0.717) is 0 Å². The Kier molecular flexibility index (Phi) is 1.16. The number of fused-ring (bicyclic) bond motifs is 1. The Morgan fingerprint density at radius 1 is 1.36 bits per heavy atom. The number of rotatable bonds is 1. The summed E-state index contributed by atoms with van der Waals surface area (Å²) < 4.78 is 3.17. The van der Waals surface area contributed by atoms with Crippen LogP contribution < -0.4 is 0 Å². The van der Waals surface area contributed by atoms with E-state index in [0.717, 1.165) is 4.90 Å². The third-order valence-corrected chi connectivity index (χ3v) is 4.56. The quantitative estimate of drug-likeness (QED) is 0.467. The second-order valence-corrected chi connectivity index (χ2v) is 5.68. The Hall–Kier alpha value is -0.830. The molecule has 2 rings (SSSR count). The lowest BCUT2D eigenvalue weighted by atomic mass is 10.2. The Morgan fingerprint density at radius 3 is 2.64 bits per heavy atom. The van der Waals surface area contributed by atoms with Crippen molar-refractivity contribution < 1.29 is 0 Å². The van der Waals surface area contributed by atoms with Crippen LogP contribution in [0.4, 0.5) is 0 Å². The van der Waals surface area contributed by atoms with Crippen molar-refractivity contribution in [3.63, 3.8) is 0 Å². The lowest BCUT2D eigenvalue weighted by molar-refractivity contribution is 1.31. The number of benzene rings is 1. The Labute approximate surface area is 67.0 Å². The first-order chi connectivity index (χ1) is 5.18. The SMILES string of the molecule is Cc1ccc2c(c1)S2(C)N=O. The normalized spacial score (nSPS) is 31.8. The molecule has 58 valence electrons. The zero-order chi connectivity index (χ0) is 8.06. The van der Waals surface area contributed by atoms with Crippen LogP contribution in [0.3, 0.4) is 0 Å². The minimum atomic E-state index is -1.32. The monoisotopic (exact) mass is 167 g/mol. The maximum Gasteiger partial charge on any atom is 0.0305 e. The molecule has 1 heterocycles. The van der Waals surface area contributed by atoms with Crippen LogP contribution in [0.5, 0.6) is 0 Å². The van der Waals surface area contributed by atoms with Gasteiger partial charge in [-0.1, -0.05) is 16.3 Å². The number of aryl methyl sites for hydroxylation is 1. The first-order valence-electron chi connectivity index (χ1n) is 3.42. The van der Waals surface area contributed by atoms with Crippen LogP contribution in [0, 0.1) is 11.8 Å². The summed E-state index contributed by atoms with van der Waals surface area (Å²) in [5.74, 6) is 0. The fourth-order valence-corrected chi connectivity index (χ4v) is 3.31. The van der Waals surface area contributed by atoms with E-state index in [2.05, 4.69) is 10.6 Å². The minimum Gasteiger partial charge on any atom is -0.138 e. The molecule has 0 N–H and O–H groups in total. The van der Waals surface area contributed by atoms with Gasteiger partial charge < -0.3 is 0 Å². The third-order valence-electron chi connectivity index (χ3n) is 2.06. The number of nitroso groups, excluding NO2 is 1. The topological polar surface area (TPSA) is 29.4 Å². The fourth-order valence-electron chi connectivity index (χ4n) is 1.27. The molecule has 0 amide bonds. The summed E-state index contributed by atoms with van der Waals surface area (Å²) >= 11 is 0. The van der Waals surface area contributed by atoms with Crippen molar-refractivity contribution in [1.29, 1.82) is 0 Å². The maximum atomic E-state index is 10.4. The molecule has 1 aromatic carbocycles. The van der Waals surface area contributed by atoms with E-state index in [1.54, 1.807) is 0 Å². The van der Waals surface area contributed by atoms with Gasteiger partial charge in [0.25, 0.3) is 0 Å². The first kappa shape index (κ1) is 6.85. The van der Waals surface area contributed by atoms with Gasteiger partial charge in [0.2, 0.25) is 0 Å². The van der Waals surface area contributed by atoms with Crippen molar-refractivity contribution in [3.05, 3.63) is 28.7 Å². The predicted molar refractivity (Wildman–Crippen MR) is 47.0 cm³/mol. The molecule has 0 bridgehead atoms. The van der Waals surface area contributed by atoms with Crippen LogP contribution in [0.2, 0.25) is 0 Å². The number of hydrogen-bond donors (Lipinski definition) is 0. The highest BCUT2D eigenvalue weighted by Crippen LogP contribution is 2.77. The Morgan fingerprint density at radius 2 is 2.09 bits per heavy atom. The molecule has 0 aliphatic carbocycles. The van der Waals surface area contributed by atoms with Crippen molar-refractivity contribution in [1.82, 2.24) is 0 Å². The molecule has 1 aliphatic heterocycles. The van der Waals surface area contributed by atoms with Gasteiger partial charge in [-0.3, -0.25) is 0 Å². The average molecular weight is 167 g/mol. The summed E-state index contributed by atoms with van der Waals surface area (Å²) in [5, 5.41) is 0. The molecule has 3 heteroatoms. The van der Waals surface area contributed by atoms with Crippen LogP contribution in [0.1, 0.15) is 5.56 Å². The first-order valence-corrected chi connectivity index (χ1v) is 5.42. The highest BCUT2D eigenvalue weighted by atomic mass is 32.3. The standard InChI is InChI=1S/C8H9NOS/c1-6-3-4-7-8(5-6)11(7,2)9-10/h3-5H,1-2H3. The molecule has 0 radical (unpaired) electrons. The highest BCUT2D eigenvalue weighted by molar-refractivity contribution is 8.36. The third kappa shape index (κ3) is 0.744. The van der Waals surface area contributed by atoms with Crippen LogP contribution in [0.25, 0.3) is 0 Å².